The molecule has 0 amide bonds. The average Bonchev–Trinajstić information content (AvgIpc) is 2.34. The fourth-order valence-corrected chi connectivity index (χ4v) is 3.00. The quantitative estimate of drug-likeness (QED) is 0.662. The zero-order valence-corrected chi connectivity index (χ0v) is 15.8. The zero-order valence-electron chi connectivity index (χ0n) is 15.8. The van der Waals surface area contributed by atoms with Crippen LogP contribution in [0.4, 0.5) is 0 Å². The Morgan fingerprint density at radius 3 is 1.52 bits per heavy atom. The van der Waals surface area contributed by atoms with Gasteiger partial charge in [-0.05, 0) is 82.7 Å². The second-order valence-electron chi connectivity index (χ2n) is 8.19. The first kappa shape index (κ1) is 20.1. The van der Waals surface area contributed by atoms with E-state index in [0.29, 0.717) is 5.56 Å². The third-order valence-electron chi connectivity index (χ3n) is 4.27. The van der Waals surface area contributed by atoms with Crippen LogP contribution >= 0.6 is 0 Å². The molecule has 0 radical (unpaired) electrons. The summed E-state index contributed by atoms with van der Waals surface area (Å²) in [6.45, 7) is 12.6. The molecule has 3 heteroatoms. The molecule has 0 spiro atoms. The van der Waals surface area contributed by atoms with Crippen molar-refractivity contribution in [2.75, 3.05) is 0 Å². The van der Waals surface area contributed by atoms with Crippen LogP contribution < -0.4 is 0 Å². The summed E-state index contributed by atoms with van der Waals surface area (Å²) in [4.78, 5) is 0. The van der Waals surface area contributed by atoms with E-state index in [4.69, 9.17) is 0 Å². The number of benzene rings is 1. The molecule has 0 unspecified atom stereocenters. The van der Waals surface area contributed by atoms with Crippen LogP contribution in [0.15, 0.2) is 12.1 Å². The van der Waals surface area contributed by atoms with Gasteiger partial charge >= 0.3 is 0 Å². The van der Waals surface area contributed by atoms with Crippen LogP contribution in [0.25, 0.3) is 0 Å². The van der Waals surface area contributed by atoms with Gasteiger partial charge in [0.05, 0.1) is 16.8 Å². The largest absolute Gasteiger partial charge is 0.386 e. The first-order chi connectivity index (χ1) is 10.3. The summed E-state index contributed by atoms with van der Waals surface area (Å²) in [5.74, 6) is 0. The Morgan fingerprint density at radius 2 is 1.13 bits per heavy atom. The lowest BCUT2D eigenvalue weighted by molar-refractivity contribution is 0.0501. The summed E-state index contributed by atoms with van der Waals surface area (Å²) in [7, 11) is 0. The van der Waals surface area contributed by atoms with E-state index < -0.39 is 16.8 Å². The molecule has 0 aromatic heterocycles. The fourth-order valence-electron chi connectivity index (χ4n) is 3.00. The molecule has 132 valence electrons. The molecule has 0 saturated carbocycles. The average molecular weight is 322 g/mol. The maximum absolute atomic E-state index is 10.6. The SMILES string of the molecule is CCCCCc1cc(C(C)(C)O)c(C(C)(C)O)cc1C(C)(C)O. The molecule has 1 aromatic rings. The number of rotatable bonds is 7. The van der Waals surface area contributed by atoms with Crippen molar-refractivity contribution in [1.82, 2.24) is 0 Å². The van der Waals surface area contributed by atoms with Crippen molar-refractivity contribution in [3.63, 3.8) is 0 Å². The normalized spacial score (nSPS) is 13.5. The minimum Gasteiger partial charge on any atom is -0.386 e. The lowest BCUT2D eigenvalue weighted by Gasteiger charge is -2.32. The molecular weight excluding hydrogens is 288 g/mol. The predicted octanol–water partition coefficient (Wildman–Crippen LogP) is 4.10. The molecule has 1 aromatic carbocycles. The lowest BCUT2D eigenvalue weighted by atomic mass is 9.79. The topological polar surface area (TPSA) is 60.7 Å². The Kier molecular flexibility index (Phi) is 6.06. The fraction of sp³-hybridized carbons (Fsp3) is 0.700. The molecule has 1 rings (SSSR count). The van der Waals surface area contributed by atoms with Crippen LogP contribution in [0.5, 0.6) is 0 Å². The van der Waals surface area contributed by atoms with Crippen LogP contribution in [0.1, 0.15) is 90.0 Å². The summed E-state index contributed by atoms with van der Waals surface area (Å²) in [6.07, 6.45) is 4.18. The van der Waals surface area contributed by atoms with E-state index in [9.17, 15) is 15.3 Å². The van der Waals surface area contributed by atoms with Gasteiger partial charge in [-0.3, -0.25) is 0 Å². The standard InChI is InChI=1S/C20H34O3/c1-8-9-10-11-14-12-16(19(4,5)22)17(20(6,7)23)13-15(14)18(2,3)21/h12-13,21-23H,8-11H2,1-7H3. The number of unbranched alkanes of at least 4 members (excludes halogenated alkanes) is 2. The summed E-state index contributed by atoms with van der Waals surface area (Å²) >= 11 is 0. The molecule has 0 saturated heterocycles. The minimum absolute atomic E-state index is 0.668. The van der Waals surface area contributed by atoms with Crippen molar-refractivity contribution in [1.29, 1.82) is 0 Å². The van der Waals surface area contributed by atoms with E-state index in [0.717, 1.165) is 42.4 Å². The van der Waals surface area contributed by atoms with Gasteiger partial charge in [-0.25, -0.2) is 0 Å². The van der Waals surface area contributed by atoms with E-state index in [-0.39, 0.29) is 0 Å². The molecule has 3 N–H and O–H groups in total. The lowest BCUT2D eigenvalue weighted by Crippen LogP contribution is -2.28. The number of aryl methyl sites for hydroxylation is 1. The second-order valence-corrected chi connectivity index (χ2v) is 8.19. The molecule has 0 aliphatic heterocycles. The van der Waals surface area contributed by atoms with Crippen LogP contribution in [0, 0.1) is 0 Å². The van der Waals surface area contributed by atoms with Gasteiger partial charge in [0.1, 0.15) is 0 Å². The smallest absolute Gasteiger partial charge is 0.0844 e. The van der Waals surface area contributed by atoms with Gasteiger partial charge < -0.3 is 15.3 Å². The summed E-state index contributed by atoms with van der Waals surface area (Å²) < 4.78 is 0. The Hall–Kier alpha value is -0.900. The van der Waals surface area contributed by atoms with Crippen LogP contribution in [0.2, 0.25) is 0 Å². The first-order valence-corrected chi connectivity index (χ1v) is 8.64. The summed E-state index contributed by atoms with van der Waals surface area (Å²) in [5, 5.41) is 31.7. The second kappa shape index (κ2) is 6.92. The highest BCUT2D eigenvalue weighted by molar-refractivity contribution is 5.45. The highest BCUT2D eigenvalue weighted by atomic mass is 16.3. The Bertz CT molecular complexity index is 526. The molecule has 0 bridgehead atoms. The van der Waals surface area contributed by atoms with Gasteiger partial charge in [0.25, 0.3) is 0 Å². The summed E-state index contributed by atoms with van der Waals surface area (Å²) in [6, 6.07) is 3.84. The molecule has 0 aliphatic rings. The van der Waals surface area contributed by atoms with Gasteiger partial charge in [-0.15, -0.1) is 0 Å². The molecule has 0 heterocycles. The molecule has 0 aliphatic carbocycles. The van der Waals surface area contributed by atoms with Crippen molar-refractivity contribution in [2.24, 2.45) is 0 Å². The van der Waals surface area contributed by atoms with Gasteiger partial charge in [0.15, 0.2) is 0 Å². The van der Waals surface area contributed by atoms with E-state index in [2.05, 4.69) is 6.92 Å². The Morgan fingerprint density at radius 1 is 0.696 bits per heavy atom. The summed E-state index contributed by atoms with van der Waals surface area (Å²) in [5.41, 5.74) is 0.157. The maximum Gasteiger partial charge on any atom is 0.0844 e. The van der Waals surface area contributed by atoms with E-state index in [1.807, 2.05) is 12.1 Å². The van der Waals surface area contributed by atoms with Crippen LogP contribution in [0.3, 0.4) is 0 Å². The van der Waals surface area contributed by atoms with Crippen molar-refractivity contribution in [2.45, 2.75) is 91.0 Å². The van der Waals surface area contributed by atoms with Crippen LogP contribution in [-0.2, 0) is 23.2 Å². The van der Waals surface area contributed by atoms with Crippen molar-refractivity contribution < 1.29 is 15.3 Å². The highest BCUT2D eigenvalue weighted by Gasteiger charge is 2.31. The van der Waals surface area contributed by atoms with E-state index in [1.165, 1.54) is 0 Å². The van der Waals surface area contributed by atoms with E-state index >= 15 is 0 Å². The third-order valence-corrected chi connectivity index (χ3v) is 4.27. The molecular formula is C20H34O3. The molecule has 3 nitrogen and oxygen atoms in total. The van der Waals surface area contributed by atoms with Crippen LogP contribution in [-0.4, -0.2) is 15.3 Å². The van der Waals surface area contributed by atoms with Gasteiger partial charge in [0, 0.05) is 0 Å². The Balaban J connectivity index is 3.56. The number of aliphatic hydroxyl groups is 3. The highest BCUT2D eigenvalue weighted by Crippen LogP contribution is 2.37. The minimum atomic E-state index is -1.09. The van der Waals surface area contributed by atoms with Crippen molar-refractivity contribution in [3.05, 3.63) is 34.4 Å². The number of hydrogen-bond donors (Lipinski definition) is 3. The molecule has 0 atom stereocenters. The van der Waals surface area contributed by atoms with Gasteiger partial charge in [-0.2, -0.15) is 0 Å². The molecule has 0 fully saturated rings. The van der Waals surface area contributed by atoms with Crippen molar-refractivity contribution in [3.8, 4) is 0 Å². The molecule has 23 heavy (non-hydrogen) atoms. The van der Waals surface area contributed by atoms with Crippen molar-refractivity contribution >= 4 is 0 Å². The van der Waals surface area contributed by atoms with E-state index in [1.54, 1.807) is 41.5 Å². The Labute approximate surface area is 141 Å². The first-order valence-electron chi connectivity index (χ1n) is 8.64. The zero-order chi connectivity index (χ0) is 18.1. The number of hydrogen-bond acceptors (Lipinski definition) is 3. The third kappa shape index (κ3) is 5.30. The monoisotopic (exact) mass is 322 g/mol. The predicted molar refractivity (Wildman–Crippen MR) is 95.4 cm³/mol. The van der Waals surface area contributed by atoms with Gasteiger partial charge in [-0.1, -0.05) is 25.8 Å². The maximum atomic E-state index is 10.6. The van der Waals surface area contributed by atoms with Gasteiger partial charge in [0.2, 0.25) is 0 Å².